The summed E-state index contributed by atoms with van der Waals surface area (Å²) in [5.41, 5.74) is 7.00. The fraction of sp³-hybridized carbons (Fsp3) is 0.455. The molecular formula is C11H16N4O. The first-order chi connectivity index (χ1) is 7.60. The van der Waals surface area contributed by atoms with Crippen molar-refractivity contribution in [3.05, 3.63) is 11.4 Å². The van der Waals surface area contributed by atoms with E-state index < -0.39 is 0 Å². The summed E-state index contributed by atoms with van der Waals surface area (Å²) in [6, 6.07) is -0.0334. The van der Waals surface area contributed by atoms with Crippen molar-refractivity contribution in [3.63, 3.8) is 0 Å². The number of aromatic amines is 1. The van der Waals surface area contributed by atoms with Crippen molar-refractivity contribution < 1.29 is 4.79 Å². The van der Waals surface area contributed by atoms with Crippen LogP contribution < -0.4 is 11.1 Å². The van der Waals surface area contributed by atoms with E-state index in [0.717, 1.165) is 6.42 Å². The first-order valence-corrected chi connectivity index (χ1v) is 5.14. The van der Waals surface area contributed by atoms with Gasteiger partial charge in [-0.15, -0.1) is 12.3 Å². The summed E-state index contributed by atoms with van der Waals surface area (Å²) >= 11 is 0. The first kappa shape index (κ1) is 12.1. The smallest absolute Gasteiger partial charge is 0.274 e. The number of H-pyrrole nitrogens is 1. The van der Waals surface area contributed by atoms with Crippen LogP contribution in [0.25, 0.3) is 0 Å². The molecule has 5 heteroatoms. The van der Waals surface area contributed by atoms with Gasteiger partial charge in [-0.3, -0.25) is 9.89 Å². The van der Waals surface area contributed by atoms with Crippen LogP contribution >= 0.6 is 0 Å². The monoisotopic (exact) mass is 220 g/mol. The normalized spacial score (nSPS) is 11.8. The molecule has 1 rings (SSSR count). The zero-order chi connectivity index (χ0) is 12.1. The average molecular weight is 220 g/mol. The Morgan fingerprint density at radius 3 is 2.88 bits per heavy atom. The van der Waals surface area contributed by atoms with Crippen molar-refractivity contribution in [2.45, 2.75) is 32.7 Å². The van der Waals surface area contributed by atoms with Crippen molar-refractivity contribution in [2.75, 3.05) is 5.73 Å². The summed E-state index contributed by atoms with van der Waals surface area (Å²) in [4.78, 5) is 11.8. The standard InChI is InChI=1S/C11H16N4O/c1-4-6-8(5-2)13-11(16)10-9(12)7(3)14-15-10/h1,8H,5-6,12H2,2-3H3,(H,13,16)(H,14,15). The van der Waals surface area contributed by atoms with Gasteiger partial charge in [0, 0.05) is 12.5 Å². The molecule has 1 aromatic heterocycles. The first-order valence-electron chi connectivity index (χ1n) is 5.14. The summed E-state index contributed by atoms with van der Waals surface area (Å²) in [6.45, 7) is 3.72. The van der Waals surface area contributed by atoms with E-state index in [1.54, 1.807) is 6.92 Å². The summed E-state index contributed by atoms with van der Waals surface area (Å²) in [5, 5.41) is 9.31. The number of rotatable bonds is 4. The van der Waals surface area contributed by atoms with Gasteiger partial charge >= 0.3 is 0 Å². The predicted molar refractivity (Wildman–Crippen MR) is 62.7 cm³/mol. The van der Waals surface area contributed by atoms with Crippen LogP contribution in [0.15, 0.2) is 0 Å². The van der Waals surface area contributed by atoms with E-state index in [1.807, 2.05) is 6.92 Å². The van der Waals surface area contributed by atoms with E-state index in [9.17, 15) is 4.79 Å². The van der Waals surface area contributed by atoms with Gasteiger partial charge < -0.3 is 11.1 Å². The molecule has 0 aliphatic heterocycles. The zero-order valence-electron chi connectivity index (χ0n) is 9.50. The minimum absolute atomic E-state index is 0.0334. The van der Waals surface area contributed by atoms with Crippen LogP contribution in [-0.4, -0.2) is 22.1 Å². The molecule has 5 nitrogen and oxygen atoms in total. The number of aryl methyl sites for hydroxylation is 1. The Morgan fingerprint density at radius 2 is 2.44 bits per heavy atom. The van der Waals surface area contributed by atoms with Crippen molar-refractivity contribution in [2.24, 2.45) is 0 Å². The second-order valence-corrected chi connectivity index (χ2v) is 3.60. The number of anilines is 1. The summed E-state index contributed by atoms with van der Waals surface area (Å²) < 4.78 is 0. The Bertz CT molecular complexity index is 416. The van der Waals surface area contributed by atoms with E-state index in [2.05, 4.69) is 21.4 Å². The molecule has 0 saturated carbocycles. The topological polar surface area (TPSA) is 83.8 Å². The van der Waals surface area contributed by atoms with E-state index in [4.69, 9.17) is 12.2 Å². The lowest BCUT2D eigenvalue weighted by molar-refractivity contribution is 0.0932. The molecule has 1 amide bonds. The Hall–Kier alpha value is -1.96. The second kappa shape index (κ2) is 5.21. The number of nitrogen functional groups attached to an aromatic ring is 1. The molecule has 0 saturated heterocycles. The minimum Gasteiger partial charge on any atom is -0.395 e. The van der Waals surface area contributed by atoms with Crippen molar-refractivity contribution in [1.29, 1.82) is 0 Å². The Balaban J connectivity index is 2.72. The van der Waals surface area contributed by atoms with Crippen molar-refractivity contribution in [3.8, 4) is 12.3 Å². The van der Waals surface area contributed by atoms with E-state index in [1.165, 1.54) is 0 Å². The minimum atomic E-state index is -0.288. The fourth-order valence-electron chi connectivity index (χ4n) is 1.30. The molecule has 0 fully saturated rings. The van der Waals surface area contributed by atoms with Gasteiger partial charge in [0.15, 0.2) is 5.69 Å². The number of nitrogens with one attached hydrogen (secondary N) is 2. The molecule has 0 radical (unpaired) electrons. The third kappa shape index (κ3) is 2.54. The number of terminal acetylenes is 1. The van der Waals surface area contributed by atoms with Gasteiger partial charge in [0.2, 0.25) is 0 Å². The highest BCUT2D eigenvalue weighted by Crippen LogP contribution is 2.12. The molecule has 0 bridgehead atoms. The number of carbonyl (C=O) groups is 1. The van der Waals surface area contributed by atoms with Gasteiger partial charge in [0.25, 0.3) is 5.91 Å². The number of nitrogens with two attached hydrogens (primary N) is 1. The summed E-state index contributed by atoms with van der Waals surface area (Å²) in [6.07, 6.45) is 6.49. The van der Waals surface area contributed by atoms with E-state index in [0.29, 0.717) is 17.8 Å². The van der Waals surface area contributed by atoms with Crippen LogP contribution in [0.2, 0.25) is 0 Å². The lowest BCUT2D eigenvalue weighted by Gasteiger charge is -2.13. The zero-order valence-corrected chi connectivity index (χ0v) is 9.50. The van der Waals surface area contributed by atoms with Crippen LogP contribution in [0.4, 0.5) is 5.69 Å². The number of carbonyl (C=O) groups excluding carboxylic acids is 1. The van der Waals surface area contributed by atoms with Crippen molar-refractivity contribution >= 4 is 11.6 Å². The third-order valence-electron chi connectivity index (χ3n) is 2.40. The predicted octanol–water partition coefficient (Wildman–Crippen LogP) is 0.832. The highest BCUT2D eigenvalue weighted by molar-refractivity contribution is 5.97. The summed E-state index contributed by atoms with van der Waals surface area (Å²) in [7, 11) is 0. The molecule has 86 valence electrons. The van der Waals surface area contributed by atoms with Crippen LogP contribution in [-0.2, 0) is 0 Å². The quantitative estimate of drug-likeness (QED) is 0.657. The molecule has 1 atom stereocenters. The van der Waals surface area contributed by atoms with E-state index >= 15 is 0 Å². The Morgan fingerprint density at radius 1 is 1.75 bits per heavy atom. The highest BCUT2D eigenvalue weighted by atomic mass is 16.2. The molecule has 0 aromatic carbocycles. The molecule has 0 aliphatic carbocycles. The van der Waals surface area contributed by atoms with Crippen LogP contribution in [0, 0.1) is 19.3 Å². The lowest BCUT2D eigenvalue weighted by atomic mass is 10.1. The average Bonchev–Trinajstić information content (AvgIpc) is 2.59. The molecule has 0 aliphatic rings. The van der Waals surface area contributed by atoms with Gasteiger partial charge in [0.1, 0.15) is 0 Å². The largest absolute Gasteiger partial charge is 0.395 e. The molecular weight excluding hydrogens is 204 g/mol. The number of hydrogen-bond acceptors (Lipinski definition) is 3. The maximum Gasteiger partial charge on any atom is 0.274 e. The van der Waals surface area contributed by atoms with Gasteiger partial charge in [-0.25, -0.2) is 0 Å². The number of hydrogen-bond donors (Lipinski definition) is 3. The van der Waals surface area contributed by atoms with Gasteiger partial charge in [-0.1, -0.05) is 6.92 Å². The molecule has 0 spiro atoms. The van der Waals surface area contributed by atoms with Crippen LogP contribution in [0.1, 0.15) is 35.9 Å². The van der Waals surface area contributed by atoms with Gasteiger partial charge in [-0.2, -0.15) is 5.10 Å². The number of aromatic nitrogens is 2. The SMILES string of the molecule is C#CCC(CC)NC(=O)c1n[nH]c(C)c1N. The Labute approximate surface area is 94.8 Å². The molecule has 1 unspecified atom stereocenters. The molecule has 1 aromatic rings. The third-order valence-corrected chi connectivity index (χ3v) is 2.40. The number of nitrogens with zero attached hydrogens (tertiary/aromatic N) is 1. The number of amides is 1. The maximum absolute atomic E-state index is 11.8. The van der Waals surface area contributed by atoms with Gasteiger partial charge in [0.05, 0.1) is 11.4 Å². The van der Waals surface area contributed by atoms with E-state index in [-0.39, 0.29) is 17.6 Å². The maximum atomic E-state index is 11.8. The van der Waals surface area contributed by atoms with Crippen LogP contribution in [0.5, 0.6) is 0 Å². The van der Waals surface area contributed by atoms with Crippen molar-refractivity contribution in [1.82, 2.24) is 15.5 Å². The Kier molecular flexibility index (Phi) is 3.95. The molecule has 4 N–H and O–H groups in total. The molecule has 1 heterocycles. The fourth-order valence-corrected chi connectivity index (χ4v) is 1.30. The van der Waals surface area contributed by atoms with Crippen LogP contribution in [0.3, 0.4) is 0 Å². The molecule has 16 heavy (non-hydrogen) atoms. The highest BCUT2D eigenvalue weighted by Gasteiger charge is 2.17. The summed E-state index contributed by atoms with van der Waals surface area (Å²) in [5.74, 6) is 2.23. The lowest BCUT2D eigenvalue weighted by Crippen LogP contribution is -2.34. The van der Waals surface area contributed by atoms with Gasteiger partial charge in [-0.05, 0) is 13.3 Å². The second-order valence-electron chi connectivity index (χ2n) is 3.60.